The number of hydrogen-bond donors (Lipinski definition) is 2. The number of hydrogen-bond acceptors (Lipinski definition) is 2. The predicted molar refractivity (Wildman–Crippen MR) is 51.3 cm³/mol. The molecule has 0 aliphatic heterocycles. The van der Waals surface area contributed by atoms with Crippen molar-refractivity contribution >= 4 is 0 Å². The van der Waals surface area contributed by atoms with Crippen molar-refractivity contribution in [3.8, 4) is 0 Å². The van der Waals surface area contributed by atoms with Crippen LogP contribution in [0.4, 0.5) is 4.39 Å². The smallest absolute Gasteiger partial charge is 0.123 e. The zero-order valence-corrected chi connectivity index (χ0v) is 7.92. The second kappa shape index (κ2) is 4.35. The molecule has 0 aliphatic rings. The van der Waals surface area contributed by atoms with Gasteiger partial charge in [-0.05, 0) is 23.6 Å². The molecule has 0 spiro atoms. The van der Waals surface area contributed by atoms with Gasteiger partial charge in [-0.15, -0.1) is 0 Å². The summed E-state index contributed by atoms with van der Waals surface area (Å²) < 4.78 is 12.6. The van der Waals surface area contributed by atoms with Gasteiger partial charge in [-0.2, -0.15) is 0 Å². The highest BCUT2D eigenvalue weighted by molar-refractivity contribution is 5.20. The molecular formula is C10H15FN2. The van der Waals surface area contributed by atoms with E-state index in [-0.39, 0.29) is 11.9 Å². The van der Waals surface area contributed by atoms with Gasteiger partial charge in [0, 0.05) is 6.04 Å². The fourth-order valence-corrected chi connectivity index (χ4v) is 1.34. The SMILES string of the molecule is CC(C)C(NN)c1ccc(F)cc1. The molecule has 0 bridgehead atoms. The molecule has 0 fully saturated rings. The lowest BCUT2D eigenvalue weighted by Crippen LogP contribution is -2.31. The lowest BCUT2D eigenvalue weighted by Gasteiger charge is -2.19. The Labute approximate surface area is 77.9 Å². The number of nitrogens with one attached hydrogen (secondary N) is 1. The minimum atomic E-state index is -0.219. The maximum atomic E-state index is 12.6. The van der Waals surface area contributed by atoms with E-state index in [1.54, 1.807) is 12.1 Å². The van der Waals surface area contributed by atoms with Gasteiger partial charge < -0.3 is 0 Å². The van der Waals surface area contributed by atoms with Crippen molar-refractivity contribution < 1.29 is 4.39 Å². The number of nitrogens with two attached hydrogens (primary N) is 1. The zero-order chi connectivity index (χ0) is 9.84. The van der Waals surface area contributed by atoms with E-state index >= 15 is 0 Å². The van der Waals surface area contributed by atoms with Crippen LogP contribution in [0, 0.1) is 11.7 Å². The van der Waals surface area contributed by atoms with Crippen molar-refractivity contribution in [1.29, 1.82) is 0 Å². The second-order valence-electron chi connectivity index (χ2n) is 3.44. The number of rotatable bonds is 3. The van der Waals surface area contributed by atoms with E-state index in [1.807, 2.05) is 0 Å². The molecule has 0 radical (unpaired) electrons. The molecule has 0 aliphatic carbocycles. The van der Waals surface area contributed by atoms with E-state index in [9.17, 15) is 4.39 Å². The van der Waals surface area contributed by atoms with Gasteiger partial charge in [-0.3, -0.25) is 11.3 Å². The molecule has 1 atom stereocenters. The van der Waals surface area contributed by atoms with E-state index < -0.39 is 0 Å². The molecule has 0 aromatic heterocycles. The Morgan fingerprint density at radius 2 is 1.77 bits per heavy atom. The van der Waals surface area contributed by atoms with E-state index in [2.05, 4.69) is 19.3 Å². The van der Waals surface area contributed by atoms with Crippen LogP contribution in [0.25, 0.3) is 0 Å². The Morgan fingerprint density at radius 1 is 1.23 bits per heavy atom. The molecule has 0 heterocycles. The Balaban J connectivity index is 2.86. The quantitative estimate of drug-likeness (QED) is 0.554. The van der Waals surface area contributed by atoms with Gasteiger partial charge in [0.25, 0.3) is 0 Å². The van der Waals surface area contributed by atoms with Crippen LogP contribution in [0.2, 0.25) is 0 Å². The minimum absolute atomic E-state index is 0.0839. The summed E-state index contributed by atoms with van der Waals surface area (Å²) in [6.07, 6.45) is 0. The number of benzene rings is 1. The normalized spacial score (nSPS) is 13.3. The van der Waals surface area contributed by atoms with Crippen molar-refractivity contribution in [2.45, 2.75) is 19.9 Å². The molecule has 0 saturated carbocycles. The van der Waals surface area contributed by atoms with E-state index in [0.717, 1.165) is 5.56 Å². The van der Waals surface area contributed by atoms with Crippen molar-refractivity contribution in [3.05, 3.63) is 35.6 Å². The van der Waals surface area contributed by atoms with Crippen LogP contribution in [0.1, 0.15) is 25.5 Å². The van der Waals surface area contributed by atoms with Crippen molar-refractivity contribution in [3.63, 3.8) is 0 Å². The van der Waals surface area contributed by atoms with Crippen LogP contribution < -0.4 is 11.3 Å². The molecule has 2 nitrogen and oxygen atoms in total. The van der Waals surface area contributed by atoms with E-state index in [0.29, 0.717) is 5.92 Å². The topological polar surface area (TPSA) is 38.0 Å². The van der Waals surface area contributed by atoms with Gasteiger partial charge in [0.1, 0.15) is 5.82 Å². The highest BCUT2D eigenvalue weighted by Gasteiger charge is 2.13. The predicted octanol–water partition coefficient (Wildman–Crippen LogP) is 1.99. The lowest BCUT2D eigenvalue weighted by atomic mass is 9.97. The van der Waals surface area contributed by atoms with E-state index in [4.69, 9.17) is 5.84 Å². The molecule has 1 rings (SSSR count). The Hall–Kier alpha value is -0.930. The molecule has 72 valence electrons. The van der Waals surface area contributed by atoms with Gasteiger partial charge in [-0.25, -0.2) is 4.39 Å². The maximum Gasteiger partial charge on any atom is 0.123 e. The Kier molecular flexibility index (Phi) is 3.39. The van der Waals surface area contributed by atoms with Gasteiger partial charge in [0.15, 0.2) is 0 Å². The van der Waals surface area contributed by atoms with Crippen LogP contribution >= 0.6 is 0 Å². The number of halogens is 1. The van der Waals surface area contributed by atoms with Crippen LogP contribution in [-0.4, -0.2) is 0 Å². The number of hydrazine groups is 1. The monoisotopic (exact) mass is 182 g/mol. The molecule has 1 unspecified atom stereocenters. The summed E-state index contributed by atoms with van der Waals surface area (Å²) in [5.74, 6) is 5.57. The fourth-order valence-electron chi connectivity index (χ4n) is 1.34. The third-order valence-electron chi connectivity index (χ3n) is 2.08. The van der Waals surface area contributed by atoms with Gasteiger partial charge >= 0.3 is 0 Å². The molecule has 3 N–H and O–H groups in total. The van der Waals surface area contributed by atoms with Crippen molar-refractivity contribution in [1.82, 2.24) is 5.43 Å². The summed E-state index contributed by atoms with van der Waals surface area (Å²) in [7, 11) is 0. The molecule has 1 aromatic carbocycles. The average molecular weight is 182 g/mol. The molecular weight excluding hydrogens is 167 g/mol. The maximum absolute atomic E-state index is 12.6. The van der Waals surface area contributed by atoms with Crippen LogP contribution in [0.3, 0.4) is 0 Å². The van der Waals surface area contributed by atoms with E-state index in [1.165, 1.54) is 12.1 Å². The molecule has 1 aromatic rings. The Bertz CT molecular complexity index is 256. The largest absolute Gasteiger partial charge is 0.271 e. The summed E-state index contributed by atoms with van der Waals surface area (Å²) >= 11 is 0. The summed E-state index contributed by atoms with van der Waals surface area (Å²) in [5, 5.41) is 0. The first kappa shape index (κ1) is 10.2. The van der Waals surface area contributed by atoms with Crippen LogP contribution in [0.15, 0.2) is 24.3 Å². The first-order valence-electron chi connectivity index (χ1n) is 4.36. The summed E-state index contributed by atoms with van der Waals surface area (Å²) in [6.45, 7) is 4.13. The highest BCUT2D eigenvalue weighted by Crippen LogP contribution is 2.20. The van der Waals surface area contributed by atoms with Crippen molar-refractivity contribution in [2.24, 2.45) is 11.8 Å². The van der Waals surface area contributed by atoms with Gasteiger partial charge in [0.2, 0.25) is 0 Å². The van der Waals surface area contributed by atoms with Gasteiger partial charge in [-0.1, -0.05) is 26.0 Å². The first-order chi connectivity index (χ1) is 6.15. The molecule has 0 amide bonds. The average Bonchev–Trinajstić information content (AvgIpc) is 2.09. The zero-order valence-electron chi connectivity index (χ0n) is 7.92. The fraction of sp³-hybridized carbons (Fsp3) is 0.400. The van der Waals surface area contributed by atoms with Crippen LogP contribution in [0.5, 0.6) is 0 Å². The highest BCUT2D eigenvalue weighted by atomic mass is 19.1. The van der Waals surface area contributed by atoms with Crippen molar-refractivity contribution in [2.75, 3.05) is 0 Å². The molecule has 3 heteroatoms. The first-order valence-corrected chi connectivity index (χ1v) is 4.36. The second-order valence-corrected chi connectivity index (χ2v) is 3.44. The summed E-state index contributed by atoms with van der Waals surface area (Å²) in [4.78, 5) is 0. The third-order valence-corrected chi connectivity index (χ3v) is 2.08. The summed E-state index contributed by atoms with van der Waals surface area (Å²) in [5.41, 5.74) is 3.73. The Morgan fingerprint density at radius 3 is 2.15 bits per heavy atom. The third kappa shape index (κ3) is 2.50. The van der Waals surface area contributed by atoms with Crippen LogP contribution in [-0.2, 0) is 0 Å². The van der Waals surface area contributed by atoms with Gasteiger partial charge in [0.05, 0.1) is 0 Å². The molecule has 13 heavy (non-hydrogen) atoms. The minimum Gasteiger partial charge on any atom is -0.271 e. The lowest BCUT2D eigenvalue weighted by molar-refractivity contribution is 0.420. The standard InChI is InChI=1S/C10H15FN2/c1-7(2)10(13-12)8-3-5-9(11)6-4-8/h3-7,10,13H,12H2,1-2H3. The summed E-state index contributed by atoms with van der Waals surface area (Å²) in [6, 6.07) is 6.48. The molecule has 0 saturated heterocycles.